The summed E-state index contributed by atoms with van der Waals surface area (Å²) in [5, 5.41) is 4.01. The van der Waals surface area contributed by atoms with Crippen LogP contribution in [-0.4, -0.2) is 51.2 Å². The molecule has 1 aromatic rings. The standard InChI is InChI=1S/C15H24ClN3/c1-17-8-2-3-9-18-10-12-19(13-11-18)15-6-4-14(16)5-7-15/h4-7,17H,2-3,8-13H2,1H3. The molecule has 1 aromatic carbocycles. The average Bonchev–Trinajstić information content (AvgIpc) is 2.45. The van der Waals surface area contributed by atoms with Crippen LogP contribution in [0.25, 0.3) is 0 Å². The Morgan fingerprint density at radius 3 is 2.37 bits per heavy atom. The molecule has 0 aliphatic carbocycles. The molecule has 0 atom stereocenters. The summed E-state index contributed by atoms with van der Waals surface area (Å²) < 4.78 is 0. The van der Waals surface area contributed by atoms with Crippen molar-refractivity contribution < 1.29 is 0 Å². The van der Waals surface area contributed by atoms with Crippen molar-refractivity contribution in [3.8, 4) is 0 Å². The number of anilines is 1. The van der Waals surface area contributed by atoms with Gasteiger partial charge in [0.2, 0.25) is 0 Å². The topological polar surface area (TPSA) is 18.5 Å². The SMILES string of the molecule is CNCCCCN1CCN(c2ccc(Cl)cc2)CC1. The van der Waals surface area contributed by atoms with Crippen LogP contribution in [-0.2, 0) is 0 Å². The minimum absolute atomic E-state index is 0.812. The van der Waals surface area contributed by atoms with Crippen molar-refractivity contribution in [3.63, 3.8) is 0 Å². The van der Waals surface area contributed by atoms with Crippen molar-refractivity contribution in [2.24, 2.45) is 0 Å². The van der Waals surface area contributed by atoms with Gasteiger partial charge in [0.15, 0.2) is 0 Å². The van der Waals surface area contributed by atoms with Crippen LogP contribution in [0, 0.1) is 0 Å². The van der Waals surface area contributed by atoms with E-state index in [4.69, 9.17) is 11.6 Å². The van der Waals surface area contributed by atoms with E-state index in [-0.39, 0.29) is 0 Å². The first-order valence-electron chi connectivity index (χ1n) is 7.17. The fraction of sp³-hybridized carbons (Fsp3) is 0.600. The fourth-order valence-electron chi connectivity index (χ4n) is 2.52. The fourth-order valence-corrected chi connectivity index (χ4v) is 2.64. The van der Waals surface area contributed by atoms with E-state index in [9.17, 15) is 0 Å². The highest BCUT2D eigenvalue weighted by Crippen LogP contribution is 2.19. The second-order valence-electron chi connectivity index (χ2n) is 5.12. The number of unbranched alkanes of at least 4 members (excludes halogenated alkanes) is 1. The Hall–Kier alpha value is -0.770. The van der Waals surface area contributed by atoms with Crippen molar-refractivity contribution in [1.29, 1.82) is 0 Å². The number of halogens is 1. The Kier molecular flexibility index (Phi) is 5.95. The maximum atomic E-state index is 5.92. The summed E-state index contributed by atoms with van der Waals surface area (Å²) in [4.78, 5) is 5.02. The maximum Gasteiger partial charge on any atom is 0.0407 e. The van der Waals surface area contributed by atoms with E-state index in [0.29, 0.717) is 0 Å². The molecule has 0 radical (unpaired) electrons. The summed E-state index contributed by atoms with van der Waals surface area (Å²) in [7, 11) is 2.02. The number of benzene rings is 1. The van der Waals surface area contributed by atoms with Crippen molar-refractivity contribution in [2.45, 2.75) is 12.8 Å². The van der Waals surface area contributed by atoms with Gasteiger partial charge in [-0.2, -0.15) is 0 Å². The highest BCUT2D eigenvalue weighted by molar-refractivity contribution is 6.30. The molecule has 4 heteroatoms. The molecular weight excluding hydrogens is 258 g/mol. The minimum atomic E-state index is 0.812. The number of rotatable bonds is 6. The Balaban J connectivity index is 1.71. The molecule has 19 heavy (non-hydrogen) atoms. The van der Waals surface area contributed by atoms with Crippen LogP contribution < -0.4 is 10.2 Å². The minimum Gasteiger partial charge on any atom is -0.369 e. The summed E-state index contributed by atoms with van der Waals surface area (Å²) >= 11 is 5.92. The van der Waals surface area contributed by atoms with E-state index in [1.165, 1.54) is 38.2 Å². The third kappa shape index (κ3) is 4.68. The summed E-state index contributed by atoms with van der Waals surface area (Å²) in [6.45, 7) is 6.94. The maximum absolute atomic E-state index is 5.92. The van der Waals surface area contributed by atoms with Crippen LogP contribution in [0.4, 0.5) is 5.69 Å². The zero-order valence-electron chi connectivity index (χ0n) is 11.7. The van der Waals surface area contributed by atoms with Crippen LogP contribution in [0.15, 0.2) is 24.3 Å². The third-order valence-corrected chi connectivity index (χ3v) is 3.97. The van der Waals surface area contributed by atoms with Gasteiger partial charge >= 0.3 is 0 Å². The van der Waals surface area contributed by atoms with E-state index in [2.05, 4.69) is 27.2 Å². The predicted molar refractivity (Wildman–Crippen MR) is 83.3 cm³/mol. The van der Waals surface area contributed by atoms with Crippen LogP contribution in [0.5, 0.6) is 0 Å². The van der Waals surface area contributed by atoms with E-state index in [0.717, 1.165) is 24.7 Å². The van der Waals surface area contributed by atoms with Gasteiger partial charge in [-0.15, -0.1) is 0 Å². The smallest absolute Gasteiger partial charge is 0.0407 e. The lowest BCUT2D eigenvalue weighted by Gasteiger charge is -2.36. The van der Waals surface area contributed by atoms with E-state index in [1.807, 2.05) is 19.2 Å². The molecule has 0 saturated carbocycles. The molecule has 1 saturated heterocycles. The van der Waals surface area contributed by atoms with Gasteiger partial charge < -0.3 is 10.2 Å². The Morgan fingerprint density at radius 1 is 1.05 bits per heavy atom. The first kappa shape index (κ1) is 14.6. The van der Waals surface area contributed by atoms with Crippen molar-refractivity contribution >= 4 is 17.3 Å². The van der Waals surface area contributed by atoms with Gasteiger partial charge in [-0.1, -0.05) is 11.6 Å². The van der Waals surface area contributed by atoms with Crippen LogP contribution in [0.1, 0.15) is 12.8 Å². The van der Waals surface area contributed by atoms with Gasteiger partial charge in [0.25, 0.3) is 0 Å². The molecule has 2 rings (SSSR count). The molecule has 1 aliphatic rings. The van der Waals surface area contributed by atoms with E-state index < -0.39 is 0 Å². The number of hydrogen-bond acceptors (Lipinski definition) is 3. The second-order valence-corrected chi connectivity index (χ2v) is 5.55. The molecule has 0 spiro atoms. The first-order valence-corrected chi connectivity index (χ1v) is 7.55. The van der Waals surface area contributed by atoms with Gasteiger partial charge in [0, 0.05) is 36.9 Å². The Morgan fingerprint density at radius 2 is 1.74 bits per heavy atom. The normalized spacial score (nSPS) is 16.8. The molecule has 0 aromatic heterocycles. The van der Waals surface area contributed by atoms with Gasteiger partial charge in [0.1, 0.15) is 0 Å². The average molecular weight is 282 g/mol. The van der Waals surface area contributed by atoms with E-state index in [1.54, 1.807) is 0 Å². The molecule has 0 unspecified atom stereocenters. The van der Waals surface area contributed by atoms with Gasteiger partial charge in [0.05, 0.1) is 0 Å². The number of hydrogen-bond donors (Lipinski definition) is 1. The first-order chi connectivity index (χ1) is 9.29. The predicted octanol–water partition coefficient (Wildman–Crippen LogP) is 2.46. The largest absolute Gasteiger partial charge is 0.369 e. The van der Waals surface area contributed by atoms with Crippen LogP contribution >= 0.6 is 11.6 Å². The summed E-state index contributed by atoms with van der Waals surface area (Å²) in [5.74, 6) is 0. The molecule has 1 N–H and O–H groups in total. The lowest BCUT2D eigenvalue weighted by atomic mass is 10.2. The highest BCUT2D eigenvalue weighted by atomic mass is 35.5. The zero-order valence-corrected chi connectivity index (χ0v) is 12.5. The molecule has 1 fully saturated rings. The van der Waals surface area contributed by atoms with Crippen molar-refractivity contribution in [2.75, 3.05) is 51.2 Å². The highest BCUT2D eigenvalue weighted by Gasteiger charge is 2.16. The molecule has 106 valence electrons. The van der Waals surface area contributed by atoms with Gasteiger partial charge in [-0.3, -0.25) is 4.90 Å². The number of nitrogens with one attached hydrogen (secondary N) is 1. The van der Waals surface area contributed by atoms with Gasteiger partial charge in [-0.05, 0) is 57.2 Å². The molecule has 0 amide bonds. The summed E-state index contributed by atoms with van der Waals surface area (Å²) in [6.07, 6.45) is 2.57. The quantitative estimate of drug-likeness (QED) is 0.808. The van der Waals surface area contributed by atoms with Crippen molar-refractivity contribution in [3.05, 3.63) is 29.3 Å². The molecule has 0 bridgehead atoms. The van der Waals surface area contributed by atoms with Crippen molar-refractivity contribution in [1.82, 2.24) is 10.2 Å². The van der Waals surface area contributed by atoms with Gasteiger partial charge in [-0.25, -0.2) is 0 Å². The molecule has 1 aliphatic heterocycles. The Bertz CT molecular complexity index is 358. The molecular formula is C15H24ClN3. The third-order valence-electron chi connectivity index (χ3n) is 3.72. The second kappa shape index (κ2) is 7.73. The van der Waals surface area contributed by atoms with Crippen LogP contribution in [0.3, 0.4) is 0 Å². The summed E-state index contributed by atoms with van der Waals surface area (Å²) in [5.41, 5.74) is 1.29. The monoisotopic (exact) mass is 281 g/mol. The number of nitrogens with zero attached hydrogens (tertiary/aromatic N) is 2. The zero-order chi connectivity index (χ0) is 13.5. The molecule has 1 heterocycles. The number of piperazine rings is 1. The lowest BCUT2D eigenvalue weighted by Crippen LogP contribution is -2.46. The lowest BCUT2D eigenvalue weighted by molar-refractivity contribution is 0.253. The van der Waals surface area contributed by atoms with Crippen LogP contribution in [0.2, 0.25) is 5.02 Å². The summed E-state index contributed by atoms with van der Waals surface area (Å²) in [6, 6.07) is 8.18. The Labute approximate surface area is 121 Å². The molecule has 3 nitrogen and oxygen atoms in total. The van der Waals surface area contributed by atoms with E-state index >= 15 is 0 Å².